The highest BCUT2D eigenvalue weighted by Crippen LogP contribution is 2.24. The molecule has 0 atom stereocenters. The molecule has 1 aromatic heterocycles. The molecule has 0 spiro atoms. The van der Waals surface area contributed by atoms with Gasteiger partial charge in [-0.15, -0.1) is 11.3 Å². The van der Waals surface area contributed by atoms with Crippen molar-refractivity contribution < 1.29 is 9.53 Å². The molecule has 2 heterocycles. The van der Waals surface area contributed by atoms with Crippen molar-refractivity contribution in [2.24, 2.45) is 0 Å². The zero-order chi connectivity index (χ0) is 16.8. The lowest BCUT2D eigenvalue weighted by Crippen LogP contribution is -2.30. The fourth-order valence-electron chi connectivity index (χ4n) is 2.53. The van der Waals surface area contributed by atoms with Crippen LogP contribution in [-0.4, -0.2) is 37.1 Å². The van der Waals surface area contributed by atoms with Crippen molar-refractivity contribution >= 4 is 34.0 Å². The number of thiazole rings is 1. The molecule has 1 N–H and O–H groups in total. The van der Waals surface area contributed by atoms with E-state index in [4.69, 9.17) is 16.3 Å². The van der Waals surface area contributed by atoms with Crippen molar-refractivity contribution in [1.29, 1.82) is 0 Å². The van der Waals surface area contributed by atoms with Crippen molar-refractivity contribution in [2.45, 2.75) is 19.3 Å². The molecule has 128 valence electrons. The SMILES string of the molecule is O=C(COc1ccc(Cl)cc1)NCCc1csc(N2CCCC2)n1. The van der Waals surface area contributed by atoms with E-state index in [-0.39, 0.29) is 12.5 Å². The summed E-state index contributed by atoms with van der Waals surface area (Å²) >= 11 is 7.48. The molecule has 2 aromatic rings. The molecule has 0 aliphatic carbocycles. The Morgan fingerprint density at radius 1 is 1.29 bits per heavy atom. The molecule has 1 aliphatic heterocycles. The maximum atomic E-state index is 11.8. The first kappa shape index (κ1) is 17.0. The van der Waals surface area contributed by atoms with Crippen LogP contribution in [0.25, 0.3) is 0 Å². The summed E-state index contributed by atoms with van der Waals surface area (Å²) in [4.78, 5) is 18.8. The van der Waals surface area contributed by atoms with Crippen LogP contribution in [0.2, 0.25) is 5.02 Å². The molecule has 3 rings (SSSR count). The van der Waals surface area contributed by atoms with E-state index >= 15 is 0 Å². The average molecular weight is 366 g/mol. The molecule has 24 heavy (non-hydrogen) atoms. The predicted molar refractivity (Wildman–Crippen MR) is 97.2 cm³/mol. The van der Waals surface area contributed by atoms with Crippen molar-refractivity contribution in [3.05, 3.63) is 40.4 Å². The van der Waals surface area contributed by atoms with E-state index in [0.29, 0.717) is 17.3 Å². The van der Waals surface area contributed by atoms with Crippen LogP contribution in [0.1, 0.15) is 18.5 Å². The molecule has 1 aromatic carbocycles. The summed E-state index contributed by atoms with van der Waals surface area (Å²) < 4.78 is 5.41. The number of nitrogens with one attached hydrogen (secondary N) is 1. The van der Waals surface area contributed by atoms with Crippen LogP contribution in [0.15, 0.2) is 29.6 Å². The van der Waals surface area contributed by atoms with Gasteiger partial charge < -0.3 is 15.0 Å². The Labute approximate surface area is 150 Å². The average Bonchev–Trinajstić information content (AvgIpc) is 3.25. The zero-order valence-corrected chi connectivity index (χ0v) is 14.9. The third-order valence-corrected chi connectivity index (χ3v) is 5.01. The fourth-order valence-corrected chi connectivity index (χ4v) is 3.57. The van der Waals surface area contributed by atoms with Crippen LogP contribution in [0.4, 0.5) is 5.13 Å². The minimum atomic E-state index is -0.139. The normalized spacial score (nSPS) is 14.0. The fraction of sp³-hybridized carbons (Fsp3) is 0.412. The molecule has 0 bridgehead atoms. The van der Waals surface area contributed by atoms with Crippen LogP contribution in [0.3, 0.4) is 0 Å². The number of anilines is 1. The Hall–Kier alpha value is -1.79. The van der Waals surface area contributed by atoms with Crippen LogP contribution in [0, 0.1) is 0 Å². The van der Waals surface area contributed by atoms with Crippen molar-refractivity contribution in [3.63, 3.8) is 0 Å². The molecule has 0 saturated carbocycles. The van der Waals surface area contributed by atoms with Gasteiger partial charge >= 0.3 is 0 Å². The second-order valence-corrected chi connectivity index (χ2v) is 6.93. The number of carbonyl (C=O) groups excluding carboxylic acids is 1. The smallest absolute Gasteiger partial charge is 0.257 e. The zero-order valence-electron chi connectivity index (χ0n) is 13.3. The highest BCUT2D eigenvalue weighted by Gasteiger charge is 2.15. The summed E-state index contributed by atoms with van der Waals surface area (Å²) in [6.45, 7) is 2.77. The molecule has 0 radical (unpaired) electrons. The molecule has 1 saturated heterocycles. The first-order valence-electron chi connectivity index (χ1n) is 8.05. The van der Waals surface area contributed by atoms with Gasteiger partial charge in [0.2, 0.25) is 0 Å². The van der Waals surface area contributed by atoms with Gasteiger partial charge in [-0.1, -0.05) is 11.6 Å². The minimum absolute atomic E-state index is 0.00226. The van der Waals surface area contributed by atoms with Crippen molar-refractivity contribution in [1.82, 2.24) is 10.3 Å². The lowest BCUT2D eigenvalue weighted by Gasteiger charge is -2.12. The van der Waals surface area contributed by atoms with Gasteiger partial charge in [0.15, 0.2) is 11.7 Å². The maximum Gasteiger partial charge on any atom is 0.257 e. The Kier molecular flexibility index (Phi) is 5.93. The maximum absolute atomic E-state index is 11.8. The van der Waals surface area contributed by atoms with Crippen LogP contribution in [-0.2, 0) is 11.2 Å². The topological polar surface area (TPSA) is 54.5 Å². The number of carbonyl (C=O) groups is 1. The van der Waals surface area contributed by atoms with Gasteiger partial charge in [-0.25, -0.2) is 4.98 Å². The van der Waals surface area contributed by atoms with E-state index < -0.39 is 0 Å². The molecular weight excluding hydrogens is 346 g/mol. The highest BCUT2D eigenvalue weighted by molar-refractivity contribution is 7.13. The van der Waals surface area contributed by atoms with Gasteiger partial charge in [-0.3, -0.25) is 4.79 Å². The second kappa shape index (κ2) is 8.35. The molecule has 1 aliphatic rings. The summed E-state index contributed by atoms with van der Waals surface area (Å²) in [7, 11) is 0. The highest BCUT2D eigenvalue weighted by atomic mass is 35.5. The second-order valence-electron chi connectivity index (χ2n) is 5.66. The molecule has 1 amide bonds. The Morgan fingerprint density at radius 3 is 2.79 bits per heavy atom. The monoisotopic (exact) mass is 365 g/mol. The minimum Gasteiger partial charge on any atom is -0.484 e. The lowest BCUT2D eigenvalue weighted by molar-refractivity contribution is -0.123. The molecule has 1 fully saturated rings. The summed E-state index contributed by atoms with van der Waals surface area (Å²) in [5.74, 6) is 0.490. The number of hydrogen-bond acceptors (Lipinski definition) is 5. The molecule has 5 nitrogen and oxygen atoms in total. The largest absolute Gasteiger partial charge is 0.484 e. The number of amides is 1. The first-order chi connectivity index (χ1) is 11.7. The Bertz CT molecular complexity index is 669. The van der Waals surface area contributed by atoms with Crippen molar-refractivity contribution in [2.75, 3.05) is 31.1 Å². The van der Waals surface area contributed by atoms with Crippen LogP contribution < -0.4 is 15.0 Å². The standard InChI is InChI=1S/C17H20ClN3O2S/c18-13-3-5-15(6-4-13)23-11-16(22)19-8-7-14-12-24-17(20-14)21-9-1-2-10-21/h3-6,12H,1-2,7-11H2,(H,19,22). The third-order valence-electron chi connectivity index (χ3n) is 3.80. The van der Waals surface area contributed by atoms with Gasteiger partial charge in [0, 0.05) is 36.5 Å². The first-order valence-corrected chi connectivity index (χ1v) is 9.31. The van der Waals surface area contributed by atoms with Gasteiger partial charge in [-0.05, 0) is 37.1 Å². The molecule has 7 heteroatoms. The number of nitrogens with zero attached hydrogens (tertiary/aromatic N) is 2. The van der Waals surface area contributed by atoms with Gasteiger partial charge in [-0.2, -0.15) is 0 Å². The third kappa shape index (κ3) is 4.85. The number of benzene rings is 1. The summed E-state index contributed by atoms with van der Waals surface area (Å²) in [6.07, 6.45) is 3.23. The van der Waals surface area contributed by atoms with E-state index in [1.807, 2.05) is 0 Å². The number of hydrogen-bond donors (Lipinski definition) is 1. The van der Waals surface area contributed by atoms with Gasteiger partial charge in [0.1, 0.15) is 5.75 Å². The Balaban J connectivity index is 1.36. The lowest BCUT2D eigenvalue weighted by atomic mass is 10.3. The van der Waals surface area contributed by atoms with E-state index in [1.165, 1.54) is 12.8 Å². The number of rotatable bonds is 7. The summed E-state index contributed by atoms with van der Waals surface area (Å²) in [5, 5.41) is 6.67. The van der Waals surface area contributed by atoms with Gasteiger partial charge in [0.25, 0.3) is 5.91 Å². The quantitative estimate of drug-likeness (QED) is 0.819. The summed E-state index contributed by atoms with van der Waals surface area (Å²) in [5.41, 5.74) is 1.03. The van der Waals surface area contributed by atoms with E-state index in [1.54, 1.807) is 35.6 Å². The predicted octanol–water partition coefficient (Wildman–Crippen LogP) is 3.13. The summed E-state index contributed by atoms with van der Waals surface area (Å²) in [6, 6.07) is 6.94. The van der Waals surface area contributed by atoms with Crippen LogP contribution >= 0.6 is 22.9 Å². The van der Waals surface area contributed by atoms with Crippen molar-refractivity contribution in [3.8, 4) is 5.75 Å². The number of halogens is 1. The Morgan fingerprint density at radius 2 is 2.04 bits per heavy atom. The van der Waals surface area contributed by atoms with E-state index in [0.717, 1.165) is 30.3 Å². The van der Waals surface area contributed by atoms with E-state index in [2.05, 4.69) is 20.6 Å². The van der Waals surface area contributed by atoms with Crippen LogP contribution in [0.5, 0.6) is 5.75 Å². The molecular formula is C17H20ClN3O2S. The molecule has 0 unspecified atom stereocenters. The van der Waals surface area contributed by atoms with Gasteiger partial charge in [0.05, 0.1) is 5.69 Å². The number of ether oxygens (including phenoxy) is 1. The van der Waals surface area contributed by atoms with E-state index in [9.17, 15) is 4.79 Å². The number of aromatic nitrogens is 1.